The molecule has 0 heterocycles. The number of hydrogen-bond acceptors (Lipinski definition) is 7. The van der Waals surface area contributed by atoms with Crippen LogP contribution < -0.4 is 4.89 Å². The van der Waals surface area contributed by atoms with Gasteiger partial charge in [-0.2, -0.15) is 0 Å². The third-order valence-corrected chi connectivity index (χ3v) is 11.1. The maximum Gasteiger partial charge on any atom is 0.306 e. The van der Waals surface area contributed by atoms with Gasteiger partial charge in [-0.3, -0.25) is 9.36 Å². The summed E-state index contributed by atoms with van der Waals surface area (Å²) in [5, 5.41) is 0. The van der Waals surface area contributed by atoms with Crippen LogP contribution in [0.1, 0.15) is 219 Å². The first kappa shape index (κ1) is 52.5. The molecule has 0 aliphatic heterocycles. The van der Waals surface area contributed by atoms with Gasteiger partial charge in [-0.1, -0.05) is 200 Å². The molecule has 0 aromatic carbocycles. The zero-order valence-electron chi connectivity index (χ0n) is 36.0. The summed E-state index contributed by atoms with van der Waals surface area (Å²) in [6, 6.07) is 0. The normalized spacial score (nSPS) is 13.7. The number of rotatable bonds is 43. The molecule has 0 aliphatic rings. The van der Waals surface area contributed by atoms with Gasteiger partial charge in [-0.25, -0.2) is 0 Å². The predicted octanol–water partition coefficient (Wildman–Crippen LogP) is 12.6. The molecule has 0 saturated carbocycles. The van der Waals surface area contributed by atoms with Crippen LogP contribution in [0, 0.1) is 0 Å². The molecule has 2 atom stereocenters. The summed E-state index contributed by atoms with van der Waals surface area (Å²) in [5.74, 6) is -0.329. The summed E-state index contributed by atoms with van der Waals surface area (Å²) in [7, 11) is 1.37. The molecule has 0 rings (SSSR count). The smallest absolute Gasteiger partial charge is 0.306 e. The molecule has 0 N–H and O–H groups in total. The molecule has 53 heavy (non-hydrogen) atoms. The van der Waals surface area contributed by atoms with E-state index < -0.39 is 13.9 Å². The lowest BCUT2D eigenvalue weighted by Crippen LogP contribution is -2.37. The van der Waals surface area contributed by atoms with Crippen LogP contribution in [0.25, 0.3) is 0 Å². The largest absolute Gasteiger partial charge is 0.756 e. The number of carbonyl (C=O) groups excluding carboxylic acids is 1. The zero-order chi connectivity index (χ0) is 39.1. The fourth-order valence-corrected chi connectivity index (χ4v) is 7.34. The van der Waals surface area contributed by atoms with Crippen LogP contribution in [0.3, 0.4) is 0 Å². The molecular formula is C44H90NO7P. The van der Waals surface area contributed by atoms with Gasteiger partial charge in [0, 0.05) is 13.0 Å². The minimum absolute atomic E-state index is 0.0310. The van der Waals surface area contributed by atoms with E-state index in [1.807, 2.05) is 21.1 Å². The molecule has 2 unspecified atom stereocenters. The first-order valence-electron chi connectivity index (χ1n) is 22.8. The highest BCUT2D eigenvalue weighted by atomic mass is 31.2. The quantitative estimate of drug-likeness (QED) is 0.0263. The van der Waals surface area contributed by atoms with Gasteiger partial charge in [-0.05, 0) is 12.8 Å². The van der Waals surface area contributed by atoms with Crippen LogP contribution in [0.15, 0.2) is 0 Å². The molecule has 0 spiro atoms. The van der Waals surface area contributed by atoms with Crippen molar-refractivity contribution in [1.82, 2.24) is 0 Å². The third kappa shape index (κ3) is 42.5. The summed E-state index contributed by atoms with van der Waals surface area (Å²) < 4.78 is 34.5. The Morgan fingerprint density at radius 1 is 0.509 bits per heavy atom. The Bertz CT molecular complexity index is 822. The van der Waals surface area contributed by atoms with Crippen molar-refractivity contribution < 1.29 is 37.3 Å². The SMILES string of the molecule is CCCCCCCCCCCCCCCCCCCCCCCCCC(=O)OC(COCCCCCCCCCC)COP(=O)([O-])OCC[N+](C)(C)C. The van der Waals surface area contributed by atoms with Gasteiger partial charge in [0.05, 0.1) is 34.4 Å². The molecule has 0 aromatic rings. The van der Waals surface area contributed by atoms with Crippen LogP contribution in [0.5, 0.6) is 0 Å². The summed E-state index contributed by atoms with van der Waals surface area (Å²) in [6.07, 6.45) is 39.9. The Hall–Kier alpha value is -0.500. The molecule has 0 saturated heterocycles. The van der Waals surface area contributed by atoms with Crippen molar-refractivity contribution in [2.45, 2.75) is 225 Å². The van der Waals surface area contributed by atoms with E-state index in [4.69, 9.17) is 18.5 Å². The first-order chi connectivity index (χ1) is 25.6. The number of quaternary nitrogens is 1. The molecule has 0 bridgehead atoms. The Morgan fingerprint density at radius 3 is 1.25 bits per heavy atom. The highest BCUT2D eigenvalue weighted by Crippen LogP contribution is 2.38. The van der Waals surface area contributed by atoms with Crippen molar-refractivity contribution >= 4 is 13.8 Å². The summed E-state index contributed by atoms with van der Waals surface area (Å²) in [6.45, 7) is 5.44. The number of phosphoric ester groups is 1. The van der Waals surface area contributed by atoms with E-state index in [2.05, 4.69) is 13.8 Å². The second-order valence-corrected chi connectivity index (χ2v) is 18.2. The molecule has 318 valence electrons. The molecule has 0 aliphatic carbocycles. The van der Waals surface area contributed by atoms with E-state index in [1.54, 1.807) is 0 Å². The molecule has 0 amide bonds. The third-order valence-electron chi connectivity index (χ3n) is 10.2. The van der Waals surface area contributed by atoms with Gasteiger partial charge in [0.15, 0.2) is 0 Å². The molecular weight excluding hydrogens is 685 g/mol. The second kappa shape index (κ2) is 38.4. The topological polar surface area (TPSA) is 94.1 Å². The van der Waals surface area contributed by atoms with Gasteiger partial charge < -0.3 is 27.9 Å². The summed E-state index contributed by atoms with van der Waals surface area (Å²) in [5.41, 5.74) is 0. The number of carbonyl (C=O) groups is 1. The number of hydrogen-bond donors (Lipinski definition) is 0. The number of nitrogens with zero attached hydrogens (tertiary/aromatic N) is 1. The average Bonchev–Trinajstić information content (AvgIpc) is 3.11. The lowest BCUT2D eigenvalue weighted by Gasteiger charge is -2.28. The minimum Gasteiger partial charge on any atom is -0.756 e. The maximum absolute atomic E-state index is 12.6. The van der Waals surface area contributed by atoms with Crippen LogP contribution in [0.4, 0.5) is 0 Å². The van der Waals surface area contributed by atoms with Crippen molar-refractivity contribution in [3.05, 3.63) is 0 Å². The monoisotopic (exact) mass is 776 g/mol. The maximum atomic E-state index is 12.6. The Labute approximate surface area is 329 Å². The number of likely N-dealkylation sites (N-methyl/N-ethyl adjacent to an activating group) is 1. The van der Waals surface area contributed by atoms with Crippen LogP contribution in [-0.2, 0) is 27.9 Å². The number of esters is 1. The average molecular weight is 776 g/mol. The van der Waals surface area contributed by atoms with Gasteiger partial charge in [0.2, 0.25) is 0 Å². The van der Waals surface area contributed by atoms with Crippen molar-refractivity contribution in [3.8, 4) is 0 Å². The minimum atomic E-state index is -4.51. The van der Waals surface area contributed by atoms with Gasteiger partial charge in [0.25, 0.3) is 7.82 Å². The van der Waals surface area contributed by atoms with Crippen molar-refractivity contribution in [3.63, 3.8) is 0 Å². The van der Waals surface area contributed by atoms with Gasteiger partial charge >= 0.3 is 5.97 Å². The van der Waals surface area contributed by atoms with E-state index in [-0.39, 0.29) is 25.8 Å². The van der Waals surface area contributed by atoms with E-state index in [9.17, 15) is 14.3 Å². The van der Waals surface area contributed by atoms with E-state index in [0.717, 1.165) is 32.1 Å². The van der Waals surface area contributed by atoms with E-state index in [1.165, 1.54) is 167 Å². The molecule has 9 heteroatoms. The number of ether oxygens (including phenoxy) is 2. The van der Waals surface area contributed by atoms with Gasteiger partial charge in [-0.15, -0.1) is 0 Å². The van der Waals surface area contributed by atoms with Crippen molar-refractivity contribution in [2.75, 3.05) is 54.1 Å². The molecule has 0 radical (unpaired) electrons. The Morgan fingerprint density at radius 2 is 0.868 bits per heavy atom. The number of phosphoric acid groups is 1. The lowest BCUT2D eigenvalue weighted by molar-refractivity contribution is -0.870. The van der Waals surface area contributed by atoms with E-state index >= 15 is 0 Å². The molecule has 0 fully saturated rings. The van der Waals surface area contributed by atoms with Crippen LogP contribution in [-0.4, -0.2) is 70.7 Å². The van der Waals surface area contributed by atoms with Crippen LogP contribution in [0.2, 0.25) is 0 Å². The summed E-state index contributed by atoms with van der Waals surface area (Å²) in [4.78, 5) is 25.0. The Kier molecular flexibility index (Phi) is 38.0. The second-order valence-electron chi connectivity index (χ2n) is 16.8. The van der Waals surface area contributed by atoms with Crippen molar-refractivity contribution in [2.24, 2.45) is 0 Å². The first-order valence-corrected chi connectivity index (χ1v) is 24.2. The highest BCUT2D eigenvalue weighted by Gasteiger charge is 2.20. The molecule has 0 aromatic heterocycles. The predicted molar refractivity (Wildman–Crippen MR) is 222 cm³/mol. The molecule has 8 nitrogen and oxygen atoms in total. The highest BCUT2D eigenvalue weighted by molar-refractivity contribution is 7.45. The van der Waals surface area contributed by atoms with Gasteiger partial charge in [0.1, 0.15) is 19.3 Å². The zero-order valence-corrected chi connectivity index (χ0v) is 36.9. The summed E-state index contributed by atoms with van der Waals surface area (Å²) >= 11 is 0. The Balaban J connectivity index is 3.98. The van der Waals surface area contributed by atoms with E-state index in [0.29, 0.717) is 24.1 Å². The standard InChI is InChI=1S/C44H90NO7P/c1-6-8-10-12-14-16-17-18-19-20-21-22-23-24-25-26-27-28-29-30-31-33-35-37-44(46)52-43(41-49-39-36-34-32-15-13-11-9-7-2)42-51-53(47,48)50-40-38-45(3,4)5/h43H,6-42H2,1-5H3. The number of unbranched alkanes of at least 4 members (excludes halogenated alkanes) is 29. The lowest BCUT2D eigenvalue weighted by atomic mass is 10.0. The fraction of sp³-hybridized carbons (Fsp3) is 0.977. The fourth-order valence-electron chi connectivity index (χ4n) is 6.61. The van der Waals surface area contributed by atoms with Crippen molar-refractivity contribution in [1.29, 1.82) is 0 Å². The van der Waals surface area contributed by atoms with Crippen LogP contribution >= 0.6 is 7.82 Å².